The van der Waals surface area contributed by atoms with Crippen molar-refractivity contribution < 1.29 is 4.52 Å². The Bertz CT molecular complexity index is 296. The molecule has 0 spiro atoms. The summed E-state index contributed by atoms with van der Waals surface area (Å²) in [5.74, 6) is 0.946. The Kier molecular flexibility index (Phi) is 2.59. The smallest absolute Gasteiger partial charge is 0.138 e. The van der Waals surface area contributed by atoms with E-state index in [1.807, 2.05) is 13.8 Å². The van der Waals surface area contributed by atoms with Gasteiger partial charge in [-0.2, -0.15) is 0 Å². The van der Waals surface area contributed by atoms with E-state index in [4.69, 9.17) is 4.52 Å². The highest BCUT2D eigenvalue weighted by Gasteiger charge is 2.22. The van der Waals surface area contributed by atoms with E-state index in [9.17, 15) is 0 Å². The lowest BCUT2D eigenvalue weighted by Crippen LogP contribution is -2.37. The third-order valence-electron chi connectivity index (χ3n) is 3.11. The summed E-state index contributed by atoms with van der Waals surface area (Å²) < 4.78 is 5.16. The van der Waals surface area contributed by atoms with Gasteiger partial charge >= 0.3 is 0 Å². The fourth-order valence-electron chi connectivity index (χ4n) is 2.12. The third-order valence-corrected chi connectivity index (χ3v) is 3.11. The monoisotopic (exact) mass is 194 g/mol. The van der Waals surface area contributed by atoms with Crippen LogP contribution in [0.5, 0.6) is 0 Å². The molecule has 0 amide bonds. The van der Waals surface area contributed by atoms with E-state index in [2.05, 4.69) is 17.4 Å². The number of aromatic nitrogens is 1. The topological polar surface area (TPSA) is 38.1 Å². The molecule has 1 aliphatic carbocycles. The molecule has 3 heteroatoms. The maximum atomic E-state index is 5.16. The van der Waals surface area contributed by atoms with Crippen LogP contribution in [0.25, 0.3) is 0 Å². The van der Waals surface area contributed by atoms with Gasteiger partial charge < -0.3 is 9.84 Å². The maximum absolute atomic E-state index is 5.16. The molecule has 78 valence electrons. The van der Waals surface area contributed by atoms with E-state index in [0.29, 0.717) is 12.1 Å². The molecule has 1 aliphatic rings. The Balaban J connectivity index is 2.05. The average Bonchev–Trinajstić information content (AvgIpc) is 2.39. The predicted molar refractivity (Wildman–Crippen MR) is 55.2 cm³/mol. The van der Waals surface area contributed by atoms with Crippen molar-refractivity contribution in [3.05, 3.63) is 17.0 Å². The van der Waals surface area contributed by atoms with Crippen molar-refractivity contribution in [3.63, 3.8) is 0 Å². The molecule has 1 N–H and O–H groups in total. The number of nitrogens with zero attached hydrogens (tertiary/aromatic N) is 1. The van der Waals surface area contributed by atoms with Crippen LogP contribution in [-0.4, -0.2) is 11.2 Å². The van der Waals surface area contributed by atoms with Crippen molar-refractivity contribution >= 4 is 0 Å². The summed E-state index contributed by atoms with van der Waals surface area (Å²) in [5, 5.41) is 7.57. The van der Waals surface area contributed by atoms with E-state index >= 15 is 0 Å². The van der Waals surface area contributed by atoms with Gasteiger partial charge in [-0.05, 0) is 33.6 Å². The molecule has 1 aromatic rings. The van der Waals surface area contributed by atoms with E-state index < -0.39 is 0 Å². The van der Waals surface area contributed by atoms with Crippen molar-refractivity contribution in [3.8, 4) is 0 Å². The second-order valence-corrected chi connectivity index (χ2v) is 4.25. The van der Waals surface area contributed by atoms with Gasteiger partial charge in [0.25, 0.3) is 0 Å². The predicted octanol–water partition coefficient (Wildman–Crippen LogP) is 2.49. The second-order valence-electron chi connectivity index (χ2n) is 4.25. The van der Waals surface area contributed by atoms with Crippen molar-refractivity contribution in [2.24, 2.45) is 0 Å². The molecule has 1 saturated carbocycles. The summed E-state index contributed by atoms with van der Waals surface area (Å²) in [6.07, 6.45) is 3.99. The zero-order valence-corrected chi connectivity index (χ0v) is 9.13. The van der Waals surface area contributed by atoms with Gasteiger partial charge in [0, 0.05) is 17.6 Å². The highest BCUT2D eigenvalue weighted by molar-refractivity contribution is 5.24. The molecule has 1 aromatic heterocycles. The van der Waals surface area contributed by atoms with Gasteiger partial charge in [-0.1, -0.05) is 11.6 Å². The molecular weight excluding hydrogens is 176 g/mol. The van der Waals surface area contributed by atoms with Gasteiger partial charge in [-0.15, -0.1) is 0 Å². The van der Waals surface area contributed by atoms with Gasteiger partial charge in [0.2, 0.25) is 0 Å². The summed E-state index contributed by atoms with van der Waals surface area (Å²) in [6, 6.07) is 1.07. The lowest BCUT2D eigenvalue weighted by atomic mass is 9.91. The molecule has 0 saturated heterocycles. The Morgan fingerprint density at radius 2 is 2.14 bits per heavy atom. The first kappa shape index (κ1) is 9.71. The first-order valence-corrected chi connectivity index (χ1v) is 5.37. The second kappa shape index (κ2) is 3.73. The van der Waals surface area contributed by atoms with E-state index in [-0.39, 0.29) is 0 Å². The minimum atomic E-state index is 0.367. The number of rotatable bonds is 3. The summed E-state index contributed by atoms with van der Waals surface area (Å²) in [5.41, 5.74) is 2.25. The number of aryl methyl sites for hydroxylation is 2. The molecule has 2 rings (SSSR count). The van der Waals surface area contributed by atoms with E-state index in [1.165, 1.54) is 24.8 Å². The molecule has 0 radical (unpaired) electrons. The number of hydrogen-bond acceptors (Lipinski definition) is 3. The molecule has 1 fully saturated rings. The fraction of sp³-hybridized carbons (Fsp3) is 0.727. The highest BCUT2D eigenvalue weighted by Crippen LogP contribution is 2.25. The molecule has 1 unspecified atom stereocenters. The van der Waals surface area contributed by atoms with Crippen LogP contribution in [0.4, 0.5) is 0 Å². The minimum absolute atomic E-state index is 0.367. The summed E-state index contributed by atoms with van der Waals surface area (Å²) in [6.45, 7) is 6.17. The standard InChI is InChI=1S/C11H18N2O/c1-7(12-10-5-4-6-10)11-8(2)13-14-9(11)3/h7,10,12H,4-6H2,1-3H3. The number of nitrogens with one attached hydrogen (secondary N) is 1. The molecule has 1 atom stereocenters. The lowest BCUT2D eigenvalue weighted by molar-refractivity contribution is 0.311. The lowest BCUT2D eigenvalue weighted by Gasteiger charge is -2.30. The van der Waals surface area contributed by atoms with Crippen LogP contribution in [-0.2, 0) is 0 Å². The van der Waals surface area contributed by atoms with Crippen LogP contribution in [0.3, 0.4) is 0 Å². The van der Waals surface area contributed by atoms with E-state index in [0.717, 1.165) is 11.5 Å². The Morgan fingerprint density at radius 3 is 2.57 bits per heavy atom. The first-order chi connectivity index (χ1) is 6.68. The Morgan fingerprint density at radius 1 is 1.43 bits per heavy atom. The van der Waals surface area contributed by atoms with Gasteiger partial charge in [-0.3, -0.25) is 0 Å². The molecule has 0 aromatic carbocycles. The first-order valence-electron chi connectivity index (χ1n) is 5.37. The molecule has 3 nitrogen and oxygen atoms in total. The van der Waals surface area contributed by atoms with Gasteiger partial charge in [0.1, 0.15) is 5.76 Å². The van der Waals surface area contributed by atoms with Crippen molar-refractivity contribution in [1.29, 1.82) is 0 Å². The van der Waals surface area contributed by atoms with Crippen LogP contribution in [0, 0.1) is 13.8 Å². The van der Waals surface area contributed by atoms with Crippen LogP contribution in [0.2, 0.25) is 0 Å². The molecule has 1 heterocycles. The fourth-order valence-corrected chi connectivity index (χ4v) is 2.12. The molecule has 0 aliphatic heterocycles. The zero-order valence-electron chi connectivity index (χ0n) is 9.13. The van der Waals surface area contributed by atoms with Gasteiger partial charge in [-0.25, -0.2) is 0 Å². The van der Waals surface area contributed by atoms with Crippen molar-refractivity contribution in [2.45, 2.75) is 52.1 Å². The summed E-state index contributed by atoms with van der Waals surface area (Å²) in [4.78, 5) is 0. The van der Waals surface area contributed by atoms with Gasteiger partial charge in [0.15, 0.2) is 0 Å². The van der Waals surface area contributed by atoms with Crippen molar-refractivity contribution in [1.82, 2.24) is 10.5 Å². The Labute approximate surface area is 84.9 Å². The van der Waals surface area contributed by atoms with Gasteiger partial charge in [0.05, 0.1) is 5.69 Å². The zero-order chi connectivity index (χ0) is 10.1. The summed E-state index contributed by atoms with van der Waals surface area (Å²) in [7, 11) is 0. The average molecular weight is 194 g/mol. The molecular formula is C11H18N2O. The van der Waals surface area contributed by atoms with Crippen LogP contribution in [0.15, 0.2) is 4.52 Å². The third kappa shape index (κ3) is 1.69. The van der Waals surface area contributed by atoms with Crippen LogP contribution in [0.1, 0.15) is 49.2 Å². The van der Waals surface area contributed by atoms with Crippen molar-refractivity contribution in [2.75, 3.05) is 0 Å². The van der Waals surface area contributed by atoms with E-state index in [1.54, 1.807) is 0 Å². The SMILES string of the molecule is Cc1noc(C)c1C(C)NC1CCC1. The molecule has 14 heavy (non-hydrogen) atoms. The minimum Gasteiger partial charge on any atom is -0.361 e. The molecule has 0 bridgehead atoms. The number of hydrogen-bond donors (Lipinski definition) is 1. The quantitative estimate of drug-likeness (QED) is 0.803. The van der Waals surface area contributed by atoms with Crippen LogP contribution < -0.4 is 5.32 Å². The maximum Gasteiger partial charge on any atom is 0.138 e. The largest absolute Gasteiger partial charge is 0.361 e. The Hall–Kier alpha value is -0.830. The normalized spacial score (nSPS) is 19.4. The summed E-state index contributed by atoms with van der Waals surface area (Å²) >= 11 is 0. The van der Waals surface area contributed by atoms with Crippen LogP contribution >= 0.6 is 0 Å². The highest BCUT2D eigenvalue weighted by atomic mass is 16.5.